The molecule has 7 heteroatoms. The second kappa shape index (κ2) is 9.53. The van der Waals surface area contributed by atoms with E-state index < -0.39 is 0 Å². The van der Waals surface area contributed by atoms with Crippen LogP contribution in [-0.2, 0) is 9.59 Å². The van der Waals surface area contributed by atoms with Gasteiger partial charge >= 0.3 is 0 Å². The Morgan fingerprint density at radius 1 is 1.12 bits per heavy atom. The van der Waals surface area contributed by atoms with Crippen LogP contribution >= 0.6 is 0 Å². The van der Waals surface area contributed by atoms with Crippen molar-refractivity contribution >= 4 is 17.5 Å². The first-order valence-corrected chi connectivity index (χ1v) is 11.1. The van der Waals surface area contributed by atoms with Crippen LogP contribution in [0.2, 0.25) is 0 Å². The topological polar surface area (TPSA) is 88.2 Å². The zero-order chi connectivity index (χ0) is 22.7. The normalized spacial score (nSPS) is 19.6. The number of piperidine rings is 1. The predicted octanol–water partition coefficient (Wildman–Crippen LogP) is 2.88. The van der Waals surface area contributed by atoms with Gasteiger partial charge in [-0.2, -0.15) is 5.10 Å². The van der Waals surface area contributed by atoms with Gasteiger partial charge in [-0.3, -0.25) is 14.5 Å². The summed E-state index contributed by atoms with van der Waals surface area (Å²) in [6.45, 7) is 3.70. The third kappa shape index (κ3) is 4.83. The van der Waals surface area contributed by atoms with Crippen LogP contribution in [-0.4, -0.2) is 54.2 Å². The number of likely N-dealkylation sites (tertiary alicyclic amines) is 1. The van der Waals surface area contributed by atoms with Gasteiger partial charge in [0.15, 0.2) is 0 Å². The number of aryl methyl sites for hydroxylation is 1. The van der Waals surface area contributed by atoms with Gasteiger partial charge in [0.05, 0.1) is 25.4 Å². The molecule has 2 aromatic carbocycles. The summed E-state index contributed by atoms with van der Waals surface area (Å²) in [7, 11) is 1.64. The van der Waals surface area contributed by atoms with Crippen molar-refractivity contribution in [2.24, 2.45) is 16.8 Å². The first kappa shape index (κ1) is 22.0. The Balaban J connectivity index is 1.56. The van der Waals surface area contributed by atoms with Crippen LogP contribution in [0.15, 0.2) is 53.6 Å². The zero-order valence-electron chi connectivity index (χ0n) is 18.7. The van der Waals surface area contributed by atoms with Crippen LogP contribution in [0.5, 0.6) is 5.75 Å². The van der Waals surface area contributed by atoms with Gasteiger partial charge in [0.1, 0.15) is 5.75 Å². The second-order valence-electron chi connectivity index (χ2n) is 8.60. The molecule has 4 rings (SSSR count). The van der Waals surface area contributed by atoms with Crippen molar-refractivity contribution in [3.8, 4) is 5.75 Å². The van der Waals surface area contributed by atoms with Crippen LogP contribution in [0.25, 0.3) is 0 Å². The van der Waals surface area contributed by atoms with Gasteiger partial charge in [0.25, 0.3) is 5.91 Å². The van der Waals surface area contributed by atoms with Crippen molar-refractivity contribution in [3.63, 3.8) is 0 Å². The maximum atomic E-state index is 13.4. The Kier molecular flexibility index (Phi) is 6.55. The van der Waals surface area contributed by atoms with E-state index in [2.05, 4.69) is 24.0 Å². The largest absolute Gasteiger partial charge is 0.497 e. The molecule has 1 fully saturated rings. The summed E-state index contributed by atoms with van der Waals surface area (Å²) in [4.78, 5) is 26.9. The fourth-order valence-electron chi connectivity index (χ4n) is 4.49. The molecule has 2 N–H and O–H groups in total. The zero-order valence-corrected chi connectivity index (χ0v) is 18.7. The quantitative estimate of drug-likeness (QED) is 0.757. The Bertz CT molecular complexity index is 1030. The number of benzene rings is 2. The predicted molar refractivity (Wildman–Crippen MR) is 123 cm³/mol. The molecule has 7 nitrogen and oxygen atoms in total. The van der Waals surface area contributed by atoms with Crippen LogP contribution in [0.1, 0.15) is 42.0 Å². The smallest absolute Gasteiger partial charge is 0.257 e. The molecule has 2 aliphatic heterocycles. The number of rotatable bonds is 6. The summed E-state index contributed by atoms with van der Waals surface area (Å²) in [5.74, 6) is 0.370. The highest BCUT2D eigenvalue weighted by atomic mass is 16.5. The molecule has 0 bridgehead atoms. The molecular weight excluding hydrogens is 404 g/mol. The minimum atomic E-state index is -0.249. The highest BCUT2D eigenvalue weighted by Crippen LogP contribution is 2.34. The number of carbonyl (C=O) groups is 2. The Labute approximate surface area is 188 Å². The highest BCUT2D eigenvalue weighted by molar-refractivity contribution is 6.03. The monoisotopic (exact) mass is 434 g/mol. The molecule has 1 unspecified atom stereocenters. The van der Waals surface area contributed by atoms with Crippen LogP contribution < -0.4 is 10.5 Å². The van der Waals surface area contributed by atoms with E-state index in [1.807, 2.05) is 36.4 Å². The average molecular weight is 435 g/mol. The van der Waals surface area contributed by atoms with E-state index in [1.54, 1.807) is 12.1 Å². The maximum absolute atomic E-state index is 13.4. The third-order valence-corrected chi connectivity index (χ3v) is 6.34. The lowest BCUT2D eigenvalue weighted by Gasteiger charge is -2.31. The summed E-state index contributed by atoms with van der Waals surface area (Å²) in [5, 5.41) is 6.41. The van der Waals surface area contributed by atoms with Gasteiger partial charge in [-0.15, -0.1) is 0 Å². The van der Waals surface area contributed by atoms with Gasteiger partial charge in [-0.1, -0.05) is 42.0 Å². The summed E-state index contributed by atoms with van der Waals surface area (Å²) in [6, 6.07) is 15.8. The van der Waals surface area contributed by atoms with Crippen LogP contribution in [0.4, 0.5) is 0 Å². The molecule has 2 amide bonds. The van der Waals surface area contributed by atoms with Gasteiger partial charge in [-0.05, 0) is 56.1 Å². The van der Waals surface area contributed by atoms with E-state index in [4.69, 9.17) is 15.6 Å². The average Bonchev–Trinajstić information content (AvgIpc) is 3.25. The number of carbonyl (C=O) groups excluding carboxylic acids is 2. The van der Waals surface area contributed by atoms with Gasteiger partial charge in [0.2, 0.25) is 5.91 Å². The maximum Gasteiger partial charge on any atom is 0.257 e. The van der Waals surface area contributed by atoms with Gasteiger partial charge in [-0.25, -0.2) is 5.01 Å². The number of methoxy groups -OCH3 is 1. The van der Waals surface area contributed by atoms with Crippen molar-refractivity contribution < 1.29 is 14.3 Å². The van der Waals surface area contributed by atoms with E-state index in [9.17, 15) is 9.59 Å². The molecule has 0 saturated carbocycles. The van der Waals surface area contributed by atoms with E-state index in [1.165, 1.54) is 0 Å². The number of nitrogens with zero attached hydrogens (tertiary/aromatic N) is 3. The summed E-state index contributed by atoms with van der Waals surface area (Å²) >= 11 is 0. The van der Waals surface area contributed by atoms with E-state index in [0.717, 1.165) is 28.2 Å². The Morgan fingerprint density at radius 3 is 2.56 bits per heavy atom. The first-order valence-electron chi connectivity index (χ1n) is 11.1. The van der Waals surface area contributed by atoms with Crippen molar-refractivity contribution in [1.29, 1.82) is 0 Å². The van der Waals surface area contributed by atoms with Gasteiger partial charge < -0.3 is 10.5 Å². The molecule has 2 aromatic rings. The SMILES string of the molecule is COc1cccc(C2CC(c3cccc(C)c3)=NN2C(=O)CN2CCC(C(N)=O)CC2)c1. The van der Waals surface area contributed by atoms with Crippen molar-refractivity contribution in [1.82, 2.24) is 9.91 Å². The minimum absolute atomic E-state index is 0.0435. The summed E-state index contributed by atoms with van der Waals surface area (Å²) in [6.07, 6.45) is 2.03. The molecule has 168 valence electrons. The van der Waals surface area contributed by atoms with E-state index in [0.29, 0.717) is 32.4 Å². The van der Waals surface area contributed by atoms with Crippen molar-refractivity contribution in [2.75, 3.05) is 26.7 Å². The van der Waals surface area contributed by atoms with Crippen LogP contribution in [0, 0.1) is 12.8 Å². The molecule has 2 heterocycles. The number of nitrogens with two attached hydrogens (primary N) is 1. The molecule has 0 aromatic heterocycles. The molecule has 1 atom stereocenters. The van der Waals surface area contributed by atoms with E-state index in [-0.39, 0.29) is 30.3 Å². The third-order valence-electron chi connectivity index (χ3n) is 6.34. The fraction of sp³-hybridized carbons (Fsp3) is 0.400. The summed E-state index contributed by atoms with van der Waals surface area (Å²) in [5.41, 5.74) is 9.54. The Morgan fingerprint density at radius 2 is 1.88 bits per heavy atom. The number of ether oxygens (including phenoxy) is 1. The summed E-state index contributed by atoms with van der Waals surface area (Å²) < 4.78 is 5.40. The molecule has 2 aliphatic rings. The van der Waals surface area contributed by atoms with Gasteiger partial charge in [0, 0.05) is 12.3 Å². The number of hydrogen-bond donors (Lipinski definition) is 1. The molecule has 1 saturated heterocycles. The molecular formula is C25H30N4O3. The number of hydrogen-bond acceptors (Lipinski definition) is 5. The fourth-order valence-corrected chi connectivity index (χ4v) is 4.49. The second-order valence-corrected chi connectivity index (χ2v) is 8.60. The first-order chi connectivity index (χ1) is 15.4. The molecule has 0 aliphatic carbocycles. The van der Waals surface area contributed by atoms with Crippen LogP contribution in [0.3, 0.4) is 0 Å². The number of primary amides is 1. The molecule has 0 spiro atoms. The Hall–Kier alpha value is -3.19. The molecule has 0 radical (unpaired) electrons. The number of hydrazone groups is 1. The lowest BCUT2D eigenvalue weighted by atomic mass is 9.96. The van der Waals surface area contributed by atoms with Crippen molar-refractivity contribution in [2.45, 2.75) is 32.2 Å². The number of amides is 2. The van der Waals surface area contributed by atoms with Crippen molar-refractivity contribution in [3.05, 3.63) is 65.2 Å². The minimum Gasteiger partial charge on any atom is -0.497 e. The lowest BCUT2D eigenvalue weighted by molar-refractivity contribution is -0.134. The highest BCUT2D eigenvalue weighted by Gasteiger charge is 2.34. The lowest BCUT2D eigenvalue weighted by Crippen LogP contribution is -2.44. The standard InChI is InChI=1S/C25H30N4O3/c1-17-5-3-6-19(13-17)22-15-23(20-7-4-8-21(14-20)32-2)29(27-22)24(30)16-28-11-9-18(10-12-28)25(26)31/h3-8,13-14,18,23H,9-12,15-16H2,1-2H3,(H2,26,31). The molecule has 32 heavy (non-hydrogen) atoms. The van der Waals surface area contributed by atoms with E-state index >= 15 is 0 Å².